The summed E-state index contributed by atoms with van der Waals surface area (Å²) in [5.74, 6) is 0.521. The van der Waals surface area contributed by atoms with E-state index in [1.165, 1.54) is 5.56 Å². The molecule has 1 aromatic rings. The van der Waals surface area contributed by atoms with E-state index in [0.717, 1.165) is 12.8 Å². The van der Waals surface area contributed by atoms with Crippen LogP contribution in [0.2, 0.25) is 0 Å². The minimum atomic E-state index is -1.13. The zero-order valence-electron chi connectivity index (χ0n) is 11.7. The van der Waals surface area contributed by atoms with Crippen LogP contribution in [0.15, 0.2) is 34.7 Å². The van der Waals surface area contributed by atoms with Crippen LogP contribution in [-0.4, -0.2) is 15.5 Å². The van der Waals surface area contributed by atoms with E-state index in [4.69, 9.17) is 0 Å². The molecule has 0 fully saturated rings. The van der Waals surface area contributed by atoms with Crippen LogP contribution in [0.5, 0.6) is 0 Å². The topological polar surface area (TPSA) is 35.4 Å². The molecule has 0 aliphatic rings. The van der Waals surface area contributed by atoms with Crippen LogP contribution >= 0.6 is 0 Å². The zero-order chi connectivity index (χ0) is 13.6. The normalized spacial score (nSPS) is 15.8. The molecule has 1 rings (SSSR count). The van der Waals surface area contributed by atoms with Crippen molar-refractivity contribution in [3.63, 3.8) is 0 Å². The van der Waals surface area contributed by atoms with Gasteiger partial charge in [-0.3, -0.25) is 0 Å². The third-order valence-electron chi connectivity index (χ3n) is 2.63. The lowest BCUT2D eigenvalue weighted by molar-refractivity contribution is 0.561. The summed E-state index contributed by atoms with van der Waals surface area (Å²) in [6.45, 7) is 8.01. The first-order chi connectivity index (χ1) is 8.39. The number of benzene rings is 1. The van der Waals surface area contributed by atoms with Crippen LogP contribution in [0.1, 0.15) is 39.7 Å². The van der Waals surface area contributed by atoms with Gasteiger partial charge in [0, 0.05) is 0 Å². The van der Waals surface area contributed by atoms with Crippen molar-refractivity contribution < 1.29 is 4.55 Å². The van der Waals surface area contributed by atoms with Gasteiger partial charge in [-0.05, 0) is 45.1 Å². The summed E-state index contributed by atoms with van der Waals surface area (Å²) in [6, 6.07) is 10.4. The van der Waals surface area contributed by atoms with E-state index >= 15 is 0 Å². The SMILES string of the molecule is C[C@@H](CC=N[S+]([O-])C(C)(C)C)Cc1ccccc1. The highest BCUT2D eigenvalue weighted by molar-refractivity contribution is 7.91. The van der Waals surface area contributed by atoms with Crippen molar-refractivity contribution in [1.29, 1.82) is 0 Å². The molecule has 0 amide bonds. The second-order valence-electron chi connectivity index (χ2n) is 5.68. The summed E-state index contributed by atoms with van der Waals surface area (Å²) in [7, 11) is 0. The van der Waals surface area contributed by atoms with Gasteiger partial charge in [0.05, 0.1) is 6.21 Å². The Kier molecular flexibility index (Phi) is 5.89. The van der Waals surface area contributed by atoms with Crippen molar-refractivity contribution in [3.05, 3.63) is 35.9 Å². The maximum absolute atomic E-state index is 11.7. The summed E-state index contributed by atoms with van der Waals surface area (Å²) in [5.41, 5.74) is 1.34. The summed E-state index contributed by atoms with van der Waals surface area (Å²) in [6.07, 6.45) is 3.72. The van der Waals surface area contributed by atoms with Crippen LogP contribution in [0, 0.1) is 5.92 Å². The van der Waals surface area contributed by atoms with E-state index in [9.17, 15) is 4.55 Å². The first kappa shape index (κ1) is 15.3. The molecule has 100 valence electrons. The molecule has 0 aromatic heterocycles. The van der Waals surface area contributed by atoms with Crippen molar-refractivity contribution in [2.24, 2.45) is 10.3 Å². The molecular weight excluding hydrogens is 242 g/mol. The van der Waals surface area contributed by atoms with E-state index in [1.54, 1.807) is 0 Å². The Morgan fingerprint density at radius 3 is 2.44 bits per heavy atom. The lowest BCUT2D eigenvalue weighted by Gasteiger charge is -2.18. The molecule has 0 bridgehead atoms. The average Bonchev–Trinajstić information content (AvgIpc) is 2.28. The first-order valence-electron chi connectivity index (χ1n) is 6.38. The van der Waals surface area contributed by atoms with Gasteiger partial charge in [-0.15, -0.1) is 0 Å². The number of nitrogens with zero attached hydrogens (tertiary/aromatic N) is 1. The molecule has 2 nitrogen and oxygen atoms in total. The summed E-state index contributed by atoms with van der Waals surface area (Å²) >= 11 is -1.13. The Morgan fingerprint density at radius 2 is 1.89 bits per heavy atom. The second-order valence-corrected chi connectivity index (χ2v) is 7.61. The highest BCUT2D eigenvalue weighted by atomic mass is 32.2. The Bertz CT molecular complexity index is 370. The molecule has 1 aromatic carbocycles. The van der Waals surface area contributed by atoms with E-state index in [1.807, 2.05) is 33.1 Å². The van der Waals surface area contributed by atoms with Crippen molar-refractivity contribution in [2.75, 3.05) is 0 Å². The van der Waals surface area contributed by atoms with Gasteiger partial charge < -0.3 is 4.55 Å². The lowest BCUT2D eigenvalue weighted by Crippen LogP contribution is -2.25. The fourth-order valence-electron chi connectivity index (χ4n) is 1.55. The molecule has 0 aliphatic heterocycles. The Hall–Kier alpha value is -0.800. The van der Waals surface area contributed by atoms with E-state index in [-0.39, 0.29) is 4.75 Å². The predicted octanol–water partition coefficient (Wildman–Crippen LogP) is 3.79. The lowest BCUT2D eigenvalue weighted by atomic mass is 9.99. The van der Waals surface area contributed by atoms with Crippen LogP contribution in [0.25, 0.3) is 0 Å². The molecule has 0 radical (unpaired) electrons. The molecule has 1 unspecified atom stereocenters. The third kappa shape index (κ3) is 5.69. The number of rotatable bonds is 5. The molecule has 3 heteroatoms. The maximum atomic E-state index is 11.7. The van der Waals surface area contributed by atoms with Gasteiger partial charge in [0.2, 0.25) is 0 Å². The van der Waals surface area contributed by atoms with Crippen molar-refractivity contribution in [1.82, 2.24) is 0 Å². The molecule has 0 aliphatic carbocycles. The minimum absolute atomic E-state index is 0.265. The fourth-order valence-corrected chi connectivity index (χ4v) is 2.09. The smallest absolute Gasteiger partial charge is 0.144 e. The first-order valence-corrected chi connectivity index (χ1v) is 7.48. The molecular formula is C15H23NOS. The molecule has 0 spiro atoms. The predicted molar refractivity (Wildman–Crippen MR) is 80.3 cm³/mol. The van der Waals surface area contributed by atoms with E-state index in [2.05, 4.69) is 35.6 Å². The van der Waals surface area contributed by atoms with Gasteiger partial charge in [0.25, 0.3) is 0 Å². The van der Waals surface area contributed by atoms with Crippen LogP contribution < -0.4 is 0 Å². The molecule has 0 saturated heterocycles. The molecule has 2 atom stereocenters. The summed E-state index contributed by atoms with van der Waals surface area (Å²) < 4.78 is 15.6. The van der Waals surface area contributed by atoms with Crippen molar-refractivity contribution in [2.45, 2.75) is 45.3 Å². The van der Waals surface area contributed by atoms with Gasteiger partial charge in [0.15, 0.2) is 0 Å². The monoisotopic (exact) mass is 265 g/mol. The largest absolute Gasteiger partial charge is 0.591 e. The van der Waals surface area contributed by atoms with Gasteiger partial charge in [-0.25, -0.2) is 0 Å². The zero-order valence-corrected chi connectivity index (χ0v) is 12.5. The Balaban J connectivity index is 2.38. The molecule has 0 saturated carbocycles. The Morgan fingerprint density at radius 1 is 1.28 bits per heavy atom. The fraction of sp³-hybridized carbons (Fsp3) is 0.533. The van der Waals surface area contributed by atoms with Crippen LogP contribution in [-0.2, 0) is 17.8 Å². The van der Waals surface area contributed by atoms with Crippen molar-refractivity contribution in [3.8, 4) is 0 Å². The summed E-state index contributed by atoms with van der Waals surface area (Å²) in [5, 5.41) is 0. The van der Waals surface area contributed by atoms with Crippen molar-refractivity contribution >= 4 is 17.6 Å². The van der Waals surface area contributed by atoms with E-state index in [0.29, 0.717) is 5.92 Å². The standard InChI is InChI=1S/C15H23NOS/c1-13(12-14-8-6-5-7-9-14)10-11-16-18(17)15(2,3)4/h5-9,11,13H,10,12H2,1-4H3/t13-,18?/m0/s1. The second kappa shape index (κ2) is 6.95. The molecule has 0 N–H and O–H groups in total. The van der Waals surface area contributed by atoms with Gasteiger partial charge in [-0.1, -0.05) is 41.7 Å². The highest BCUT2D eigenvalue weighted by Gasteiger charge is 2.25. The van der Waals surface area contributed by atoms with Gasteiger partial charge >= 0.3 is 0 Å². The molecule has 0 heterocycles. The average molecular weight is 265 g/mol. The maximum Gasteiger partial charge on any atom is 0.144 e. The van der Waals surface area contributed by atoms with Gasteiger partial charge in [-0.2, -0.15) is 0 Å². The number of hydrogen-bond acceptors (Lipinski definition) is 2. The highest BCUT2D eigenvalue weighted by Crippen LogP contribution is 2.17. The summed E-state index contributed by atoms with van der Waals surface area (Å²) in [4.78, 5) is 0. The molecule has 18 heavy (non-hydrogen) atoms. The van der Waals surface area contributed by atoms with Gasteiger partial charge in [0.1, 0.15) is 16.1 Å². The van der Waals surface area contributed by atoms with Crippen LogP contribution in [0.3, 0.4) is 0 Å². The van der Waals surface area contributed by atoms with E-state index < -0.39 is 11.4 Å². The minimum Gasteiger partial charge on any atom is -0.591 e. The van der Waals surface area contributed by atoms with Crippen LogP contribution in [0.4, 0.5) is 0 Å². The number of hydrogen-bond donors (Lipinski definition) is 0. The quantitative estimate of drug-likeness (QED) is 0.589. The third-order valence-corrected chi connectivity index (χ3v) is 4.02. The Labute approximate surface area is 114 Å².